The van der Waals surface area contributed by atoms with Crippen molar-refractivity contribution >= 4 is 9.04 Å². The maximum absolute atomic E-state index is 5.69. The van der Waals surface area contributed by atoms with E-state index in [0.717, 1.165) is 6.61 Å². The van der Waals surface area contributed by atoms with E-state index in [0.29, 0.717) is 0 Å². The normalized spacial score (nSPS) is 21.0. The third-order valence-electron chi connectivity index (χ3n) is 1.86. The Morgan fingerprint density at radius 1 is 1.33 bits per heavy atom. The minimum absolute atomic E-state index is 0.599. The van der Waals surface area contributed by atoms with E-state index in [2.05, 4.69) is 6.92 Å². The molecule has 0 aromatic rings. The average molecular weight is 144 g/mol. The predicted octanol–water partition coefficient (Wildman–Crippen LogP) is 1.93. The van der Waals surface area contributed by atoms with Crippen molar-refractivity contribution in [2.75, 3.05) is 6.61 Å². The van der Waals surface area contributed by atoms with E-state index in [1.54, 1.807) is 0 Å². The minimum Gasteiger partial charge on any atom is -0.420 e. The molecule has 0 spiro atoms. The molecule has 0 atom stereocenters. The molecular weight excluding hydrogens is 128 g/mol. The molecule has 1 nitrogen and oxygen atoms in total. The first-order chi connectivity index (χ1) is 4.43. The zero-order chi connectivity index (χ0) is 6.53. The van der Waals surface area contributed by atoms with Gasteiger partial charge in [-0.3, -0.25) is 0 Å². The van der Waals surface area contributed by atoms with Gasteiger partial charge in [-0.2, -0.15) is 0 Å². The zero-order valence-corrected chi connectivity index (χ0v) is 7.38. The van der Waals surface area contributed by atoms with Gasteiger partial charge in [0, 0.05) is 6.61 Å². The molecule has 1 rings (SSSR count). The van der Waals surface area contributed by atoms with E-state index < -0.39 is 9.04 Å². The summed E-state index contributed by atoms with van der Waals surface area (Å²) in [4.78, 5) is 0. The van der Waals surface area contributed by atoms with Crippen molar-refractivity contribution in [2.24, 2.45) is 0 Å². The van der Waals surface area contributed by atoms with Gasteiger partial charge in [0.25, 0.3) is 0 Å². The fourth-order valence-electron chi connectivity index (χ4n) is 1.34. The maximum atomic E-state index is 5.69. The van der Waals surface area contributed by atoms with Gasteiger partial charge in [0.05, 0.1) is 0 Å². The van der Waals surface area contributed by atoms with Crippen LogP contribution in [-0.4, -0.2) is 15.6 Å². The van der Waals surface area contributed by atoms with E-state index >= 15 is 0 Å². The smallest absolute Gasteiger partial charge is 0.176 e. The van der Waals surface area contributed by atoms with Crippen molar-refractivity contribution in [1.82, 2.24) is 0 Å². The molecule has 1 fully saturated rings. The third-order valence-corrected chi connectivity index (χ3v) is 4.67. The lowest BCUT2D eigenvalue weighted by Gasteiger charge is -2.06. The van der Waals surface area contributed by atoms with E-state index in [1.165, 1.54) is 31.4 Å². The van der Waals surface area contributed by atoms with Crippen LogP contribution < -0.4 is 0 Å². The zero-order valence-electron chi connectivity index (χ0n) is 6.23. The molecule has 0 unspecified atom stereocenters. The minimum atomic E-state index is -0.599. The summed E-state index contributed by atoms with van der Waals surface area (Å²) in [5.41, 5.74) is 0. The molecular formula is C7H16OSi. The molecule has 0 radical (unpaired) electrons. The van der Waals surface area contributed by atoms with Gasteiger partial charge in [0.2, 0.25) is 0 Å². The standard InChI is InChI=1S/C7H16OSi/c1-2-5-8-9-6-3-4-7-9/h9H,2-7H2,1H3. The monoisotopic (exact) mass is 144 g/mol. The second-order valence-electron chi connectivity index (χ2n) is 2.78. The van der Waals surface area contributed by atoms with Gasteiger partial charge in [-0.25, -0.2) is 0 Å². The lowest BCUT2D eigenvalue weighted by Crippen LogP contribution is -2.12. The van der Waals surface area contributed by atoms with Crippen molar-refractivity contribution in [2.45, 2.75) is 38.3 Å². The molecule has 0 aromatic carbocycles. The van der Waals surface area contributed by atoms with Crippen LogP contribution in [0.3, 0.4) is 0 Å². The molecule has 0 N–H and O–H groups in total. The van der Waals surface area contributed by atoms with Crippen molar-refractivity contribution in [3.8, 4) is 0 Å². The predicted molar refractivity (Wildman–Crippen MR) is 42.2 cm³/mol. The molecule has 0 amide bonds. The summed E-state index contributed by atoms with van der Waals surface area (Å²) < 4.78 is 5.69. The van der Waals surface area contributed by atoms with Gasteiger partial charge < -0.3 is 4.43 Å². The molecule has 1 aliphatic heterocycles. The Bertz CT molecular complexity index is 69.3. The summed E-state index contributed by atoms with van der Waals surface area (Å²) in [5, 5.41) is 0. The van der Waals surface area contributed by atoms with Gasteiger partial charge >= 0.3 is 0 Å². The fourth-order valence-corrected chi connectivity index (χ4v) is 4.02. The summed E-state index contributed by atoms with van der Waals surface area (Å²) >= 11 is 0. The van der Waals surface area contributed by atoms with Crippen LogP contribution in [0.25, 0.3) is 0 Å². The van der Waals surface area contributed by atoms with Crippen molar-refractivity contribution in [1.29, 1.82) is 0 Å². The van der Waals surface area contributed by atoms with E-state index in [4.69, 9.17) is 4.43 Å². The van der Waals surface area contributed by atoms with Crippen LogP contribution in [0.5, 0.6) is 0 Å². The highest BCUT2D eigenvalue weighted by molar-refractivity contribution is 6.52. The van der Waals surface area contributed by atoms with Crippen LogP contribution in [0, 0.1) is 0 Å². The Morgan fingerprint density at radius 2 is 2.00 bits per heavy atom. The molecule has 0 aliphatic carbocycles. The molecule has 0 bridgehead atoms. The largest absolute Gasteiger partial charge is 0.420 e. The Kier molecular flexibility index (Phi) is 3.29. The Balaban J connectivity index is 1.98. The first-order valence-electron chi connectivity index (χ1n) is 4.05. The Hall–Kier alpha value is 0.177. The van der Waals surface area contributed by atoms with Crippen molar-refractivity contribution < 1.29 is 4.43 Å². The lowest BCUT2D eigenvalue weighted by atomic mass is 10.4. The van der Waals surface area contributed by atoms with Crippen LogP contribution >= 0.6 is 0 Å². The van der Waals surface area contributed by atoms with E-state index in [1.807, 2.05) is 0 Å². The van der Waals surface area contributed by atoms with Gasteiger partial charge in [-0.15, -0.1) is 0 Å². The molecule has 1 aliphatic rings. The van der Waals surface area contributed by atoms with Crippen molar-refractivity contribution in [3.05, 3.63) is 0 Å². The molecule has 9 heavy (non-hydrogen) atoms. The highest BCUT2D eigenvalue weighted by Gasteiger charge is 2.16. The molecule has 54 valence electrons. The summed E-state index contributed by atoms with van der Waals surface area (Å²) in [6.07, 6.45) is 4.09. The Labute approximate surface area is 59.1 Å². The van der Waals surface area contributed by atoms with Crippen LogP contribution in [0.4, 0.5) is 0 Å². The van der Waals surface area contributed by atoms with Crippen molar-refractivity contribution in [3.63, 3.8) is 0 Å². The molecule has 1 saturated heterocycles. The van der Waals surface area contributed by atoms with Crippen LogP contribution in [-0.2, 0) is 4.43 Å². The first-order valence-corrected chi connectivity index (χ1v) is 6.15. The average Bonchev–Trinajstić information content (AvgIpc) is 2.34. The van der Waals surface area contributed by atoms with Crippen LogP contribution in [0.2, 0.25) is 12.1 Å². The fraction of sp³-hybridized carbons (Fsp3) is 1.00. The van der Waals surface area contributed by atoms with Crippen LogP contribution in [0.15, 0.2) is 0 Å². The highest BCUT2D eigenvalue weighted by Crippen LogP contribution is 2.19. The SMILES string of the molecule is CCCO[SiH]1CCCC1. The second kappa shape index (κ2) is 4.07. The maximum Gasteiger partial charge on any atom is 0.176 e. The third kappa shape index (κ3) is 2.50. The summed E-state index contributed by atoms with van der Waals surface area (Å²) in [7, 11) is -0.599. The van der Waals surface area contributed by atoms with Gasteiger partial charge in [0.15, 0.2) is 9.04 Å². The van der Waals surface area contributed by atoms with Gasteiger partial charge in [-0.1, -0.05) is 19.8 Å². The molecule has 0 saturated carbocycles. The van der Waals surface area contributed by atoms with Gasteiger partial charge in [0.1, 0.15) is 0 Å². The molecule has 2 heteroatoms. The number of hydrogen-bond donors (Lipinski definition) is 0. The topological polar surface area (TPSA) is 9.23 Å². The molecule has 0 aromatic heterocycles. The quantitative estimate of drug-likeness (QED) is 0.550. The van der Waals surface area contributed by atoms with E-state index in [9.17, 15) is 0 Å². The van der Waals surface area contributed by atoms with Gasteiger partial charge in [-0.05, 0) is 18.5 Å². The summed E-state index contributed by atoms with van der Waals surface area (Å²) in [6.45, 7) is 3.21. The summed E-state index contributed by atoms with van der Waals surface area (Å²) in [6, 6.07) is 2.89. The summed E-state index contributed by atoms with van der Waals surface area (Å²) in [5.74, 6) is 0. The molecule has 1 heterocycles. The highest BCUT2D eigenvalue weighted by atomic mass is 28.3. The number of hydrogen-bond acceptors (Lipinski definition) is 1. The Morgan fingerprint density at radius 3 is 2.56 bits per heavy atom. The number of rotatable bonds is 3. The van der Waals surface area contributed by atoms with E-state index in [-0.39, 0.29) is 0 Å². The van der Waals surface area contributed by atoms with Crippen LogP contribution in [0.1, 0.15) is 26.2 Å². The second-order valence-corrected chi connectivity index (χ2v) is 5.51. The lowest BCUT2D eigenvalue weighted by molar-refractivity contribution is 0.321. The first kappa shape index (κ1) is 7.29.